The average Bonchev–Trinajstić information content (AvgIpc) is 1.94. The molecule has 0 heterocycles. The SMILES string of the molecule is CC(N)c1ccc(F)c(N)c1. The van der Waals surface area contributed by atoms with Crippen molar-refractivity contribution in [1.29, 1.82) is 0 Å². The zero-order chi connectivity index (χ0) is 8.43. The Labute approximate surface area is 65.0 Å². The lowest BCUT2D eigenvalue weighted by atomic mass is 10.1. The molecule has 0 bridgehead atoms. The van der Waals surface area contributed by atoms with Gasteiger partial charge in [-0.15, -0.1) is 0 Å². The molecular formula is C8H11FN2. The zero-order valence-corrected chi connectivity index (χ0v) is 6.34. The number of halogens is 1. The fourth-order valence-corrected chi connectivity index (χ4v) is 0.845. The third-order valence-corrected chi connectivity index (χ3v) is 1.55. The monoisotopic (exact) mass is 154 g/mol. The van der Waals surface area contributed by atoms with Gasteiger partial charge in [0.15, 0.2) is 0 Å². The summed E-state index contributed by atoms with van der Waals surface area (Å²) in [5.41, 5.74) is 11.9. The Balaban J connectivity index is 3.05. The minimum absolute atomic E-state index is 0.0992. The third-order valence-electron chi connectivity index (χ3n) is 1.55. The summed E-state index contributed by atoms with van der Waals surface area (Å²) >= 11 is 0. The fraction of sp³-hybridized carbons (Fsp3) is 0.250. The topological polar surface area (TPSA) is 52.0 Å². The van der Waals surface area contributed by atoms with Crippen LogP contribution in [-0.2, 0) is 0 Å². The summed E-state index contributed by atoms with van der Waals surface area (Å²) in [5.74, 6) is -0.394. The molecule has 0 aliphatic rings. The van der Waals surface area contributed by atoms with Gasteiger partial charge in [0, 0.05) is 6.04 Å². The van der Waals surface area contributed by atoms with Crippen LogP contribution in [0.5, 0.6) is 0 Å². The second-order valence-corrected chi connectivity index (χ2v) is 2.57. The van der Waals surface area contributed by atoms with E-state index in [4.69, 9.17) is 11.5 Å². The van der Waals surface area contributed by atoms with Crippen molar-refractivity contribution in [3.63, 3.8) is 0 Å². The Bertz CT molecular complexity index is 258. The summed E-state index contributed by atoms with van der Waals surface area (Å²) < 4.78 is 12.6. The molecule has 1 aromatic rings. The predicted octanol–water partition coefficient (Wildman–Crippen LogP) is 1.43. The third kappa shape index (κ3) is 1.68. The van der Waals surface area contributed by atoms with E-state index in [-0.39, 0.29) is 11.7 Å². The van der Waals surface area contributed by atoms with E-state index < -0.39 is 5.82 Å². The first-order valence-electron chi connectivity index (χ1n) is 3.42. The van der Waals surface area contributed by atoms with E-state index in [1.165, 1.54) is 6.07 Å². The van der Waals surface area contributed by atoms with Gasteiger partial charge in [0.1, 0.15) is 5.82 Å². The summed E-state index contributed by atoms with van der Waals surface area (Å²) in [5, 5.41) is 0. The van der Waals surface area contributed by atoms with Gasteiger partial charge in [-0.2, -0.15) is 0 Å². The van der Waals surface area contributed by atoms with Crippen molar-refractivity contribution < 1.29 is 4.39 Å². The Morgan fingerprint density at radius 3 is 2.55 bits per heavy atom. The van der Waals surface area contributed by atoms with Crippen molar-refractivity contribution in [1.82, 2.24) is 0 Å². The molecule has 0 spiro atoms. The van der Waals surface area contributed by atoms with Gasteiger partial charge in [0.25, 0.3) is 0 Å². The molecule has 0 saturated carbocycles. The lowest BCUT2D eigenvalue weighted by Gasteiger charge is -2.05. The minimum atomic E-state index is -0.394. The first-order valence-corrected chi connectivity index (χ1v) is 3.42. The summed E-state index contributed by atoms with van der Waals surface area (Å²) in [7, 11) is 0. The standard InChI is InChI=1S/C8H11FN2/c1-5(10)6-2-3-7(9)8(11)4-6/h2-5H,10-11H2,1H3. The van der Waals surface area contributed by atoms with Crippen molar-refractivity contribution in [2.75, 3.05) is 5.73 Å². The molecule has 1 atom stereocenters. The van der Waals surface area contributed by atoms with Gasteiger partial charge >= 0.3 is 0 Å². The Kier molecular flexibility index (Phi) is 2.10. The number of rotatable bonds is 1. The van der Waals surface area contributed by atoms with Crippen LogP contribution < -0.4 is 11.5 Å². The maximum Gasteiger partial charge on any atom is 0.146 e. The molecule has 0 aliphatic heterocycles. The lowest BCUT2D eigenvalue weighted by molar-refractivity contribution is 0.631. The summed E-state index contributed by atoms with van der Waals surface area (Å²) in [6, 6.07) is 4.42. The molecule has 2 nitrogen and oxygen atoms in total. The van der Waals surface area contributed by atoms with E-state index in [1.807, 2.05) is 6.92 Å². The molecule has 0 saturated heterocycles. The smallest absolute Gasteiger partial charge is 0.146 e. The van der Waals surface area contributed by atoms with Gasteiger partial charge in [0.2, 0.25) is 0 Å². The van der Waals surface area contributed by atoms with Crippen molar-refractivity contribution in [3.05, 3.63) is 29.6 Å². The normalized spacial score (nSPS) is 13.0. The van der Waals surface area contributed by atoms with E-state index in [0.717, 1.165) is 5.56 Å². The van der Waals surface area contributed by atoms with Gasteiger partial charge in [-0.1, -0.05) is 6.07 Å². The molecule has 1 aromatic carbocycles. The van der Waals surface area contributed by atoms with Crippen LogP contribution in [0.2, 0.25) is 0 Å². The minimum Gasteiger partial charge on any atom is -0.396 e. The largest absolute Gasteiger partial charge is 0.396 e. The highest BCUT2D eigenvalue weighted by Crippen LogP contribution is 2.16. The molecule has 0 amide bonds. The molecule has 0 aliphatic carbocycles. The van der Waals surface area contributed by atoms with E-state index in [1.54, 1.807) is 12.1 Å². The maximum atomic E-state index is 12.6. The number of hydrogen-bond acceptors (Lipinski definition) is 2. The highest BCUT2D eigenvalue weighted by Gasteiger charge is 2.02. The second kappa shape index (κ2) is 2.88. The predicted molar refractivity (Wildman–Crippen MR) is 43.4 cm³/mol. The molecule has 11 heavy (non-hydrogen) atoms. The number of anilines is 1. The van der Waals surface area contributed by atoms with Crippen molar-refractivity contribution in [3.8, 4) is 0 Å². The second-order valence-electron chi connectivity index (χ2n) is 2.57. The Hall–Kier alpha value is -1.09. The van der Waals surface area contributed by atoms with Crippen molar-refractivity contribution in [2.45, 2.75) is 13.0 Å². The molecule has 4 N–H and O–H groups in total. The Morgan fingerprint density at radius 1 is 1.45 bits per heavy atom. The summed E-state index contributed by atoms with van der Waals surface area (Å²) in [4.78, 5) is 0. The molecule has 3 heteroatoms. The van der Waals surface area contributed by atoms with Gasteiger partial charge in [-0.05, 0) is 24.6 Å². The van der Waals surface area contributed by atoms with E-state index >= 15 is 0 Å². The number of hydrogen-bond donors (Lipinski definition) is 2. The van der Waals surface area contributed by atoms with Gasteiger partial charge in [0.05, 0.1) is 5.69 Å². The quantitative estimate of drug-likeness (QED) is 0.601. The van der Waals surface area contributed by atoms with Crippen LogP contribution in [0, 0.1) is 5.82 Å². The molecule has 60 valence electrons. The number of benzene rings is 1. The van der Waals surface area contributed by atoms with Crippen LogP contribution in [0.3, 0.4) is 0 Å². The number of nitrogen functional groups attached to an aromatic ring is 1. The summed E-state index contributed by atoms with van der Waals surface area (Å²) in [6.45, 7) is 1.83. The van der Waals surface area contributed by atoms with Crippen LogP contribution in [-0.4, -0.2) is 0 Å². The number of nitrogens with two attached hydrogens (primary N) is 2. The summed E-state index contributed by atoms with van der Waals surface area (Å²) in [6.07, 6.45) is 0. The van der Waals surface area contributed by atoms with Crippen LogP contribution in [0.25, 0.3) is 0 Å². The Morgan fingerprint density at radius 2 is 2.09 bits per heavy atom. The van der Waals surface area contributed by atoms with Crippen LogP contribution in [0.15, 0.2) is 18.2 Å². The molecule has 0 fully saturated rings. The highest BCUT2D eigenvalue weighted by molar-refractivity contribution is 5.43. The van der Waals surface area contributed by atoms with Crippen LogP contribution in [0.1, 0.15) is 18.5 Å². The lowest BCUT2D eigenvalue weighted by Crippen LogP contribution is -2.05. The zero-order valence-electron chi connectivity index (χ0n) is 6.34. The molecule has 1 rings (SSSR count). The molecule has 0 radical (unpaired) electrons. The van der Waals surface area contributed by atoms with E-state index in [9.17, 15) is 4.39 Å². The average molecular weight is 154 g/mol. The maximum absolute atomic E-state index is 12.6. The van der Waals surface area contributed by atoms with Gasteiger partial charge < -0.3 is 11.5 Å². The van der Waals surface area contributed by atoms with Crippen LogP contribution >= 0.6 is 0 Å². The van der Waals surface area contributed by atoms with Gasteiger partial charge in [-0.25, -0.2) is 4.39 Å². The highest BCUT2D eigenvalue weighted by atomic mass is 19.1. The first-order chi connectivity index (χ1) is 5.11. The first kappa shape index (κ1) is 8.01. The van der Waals surface area contributed by atoms with Crippen molar-refractivity contribution >= 4 is 5.69 Å². The van der Waals surface area contributed by atoms with E-state index in [2.05, 4.69) is 0 Å². The van der Waals surface area contributed by atoms with Crippen molar-refractivity contribution in [2.24, 2.45) is 5.73 Å². The molecular weight excluding hydrogens is 143 g/mol. The van der Waals surface area contributed by atoms with E-state index in [0.29, 0.717) is 0 Å². The molecule has 0 aromatic heterocycles. The molecule has 1 unspecified atom stereocenters. The fourth-order valence-electron chi connectivity index (χ4n) is 0.845. The van der Waals surface area contributed by atoms with Crippen LogP contribution in [0.4, 0.5) is 10.1 Å². The van der Waals surface area contributed by atoms with Gasteiger partial charge in [-0.3, -0.25) is 0 Å².